The maximum absolute atomic E-state index is 12.4. The SMILES string of the molecule is CCOC(=O)NC1CCCN(C(C)C(=O)NCc2ccc(C)cc2)C1. The Morgan fingerprint density at radius 1 is 1.32 bits per heavy atom. The van der Waals surface area contributed by atoms with Crippen LogP contribution in [0.3, 0.4) is 0 Å². The van der Waals surface area contributed by atoms with Crippen LogP contribution in [-0.4, -0.2) is 48.7 Å². The van der Waals surface area contributed by atoms with E-state index in [9.17, 15) is 9.59 Å². The molecule has 0 radical (unpaired) electrons. The molecule has 1 aromatic rings. The highest BCUT2D eigenvalue weighted by Crippen LogP contribution is 2.14. The maximum Gasteiger partial charge on any atom is 0.407 e. The van der Waals surface area contributed by atoms with Crippen LogP contribution in [0.4, 0.5) is 4.79 Å². The van der Waals surface area contributed by atoms with E-state index in [0.717, 1.165) is 24.9 Å². The zero-order valence-electron chi connectivity index (χ0n) is 15.4. The average Bonchev–Trinajstić information content (AvgIpc) is 2.60. The number of rotatable bonds is 6. The molecule has 2 atom stereocenters. The van der Waals surface area contributed by atoms with E-state index in [4.69, 9.17) is 4.74 Å². The van der Waals surface area contributed by atoms with Crippen LogP contribution in [-0.2, 0) is 16.1 Å². The van der Waals surface area contributed by atoms with E-state index in [1.54, 1.807) is 6.92 Å². The number of nitrogens with zero attached hydrogens (tertiary/aromatic N) is 1. The largest absolute Gasteiger partial charge is 0.450 e. The number of alkyl carbamates (subject to hydrolysis) is 1. The number of amides is 2. The van der Waals surface area contributed by atoms with Crippen LogP contribution in [0, 0.1) is 6.92 Å². The molecule has 0 bridgehead atoms. The summed E-state index contributed by atoms with van der Waals surface area (Å²) in [5.41, 5.74) is 2.29. The molecule has 25 heavy (non-hydrogen) atoms. The van der Waals surface area contributed by atoms with Gasteiger partial charge in [0.1, 0.15) is 0 Å². The van der Waals surface area contributed by atoms with Gasteiger partial charge in [0.05, 0.1) is 12.6 Å². The standard InChI is InChI=1S/C19H29N3O3/c1-4-25-19(24)21-17-6-5-11-22(13-17)15(3)18(23)20-12-16-9-7-14(2)8-10-16/h7-10,15,17H,4-6,11-13H2,1-3H3,(H,20,23)(H,21,24). The maximum atomic E-state index is 12.4. The van der Waals surface area contributed by atoms with Crippen LogP contribution in [0.15, 0.2) is 24.3 Å². The van der Waals surface area contributed by atoms with Gasteiger partial charge in [0.2, 0.25) is 5.91 Å². The first-order chi connectivity index (χ1) is 12.0. The normalized spacial score (nSPS) is 19.1. The summed E-state index contributed by atoms with van der Waals surface area (Å²) in [6, 6.07) is 7.95. The molecule has 0 aromatic heterocycles. The molecule has 6 heteroatoms. The van der Waals surface area contributed by atoms with Gasteiger partial charge in [-0.15, -0.1) is 0 Å². The number of carbonyl (C=O) groups excluding carboxylic acids is 2. The fraction of sp³-hybridized carbons (Fsp3) is 0.579. The average molecular weight is 347 g/mol. The van der Waals surface area contributed by atoms with Crippen molar-refractivity contribution in [3.63, 3.8) is 0 Å². The van der Waals surface area contributed by atoms with Crippen molar-refractivity contribution in [2.45, 2.75) is 52.2 Å². The van der Waals surface area contributed by atoms with Gasteiger partial charge in [-0.25, -0.2) is 4.79 Å². The number of piperidine rings is 1. The summed E-state index contributed by atoms with van der Waals surface area (Å²) >= 11 is 0. The lowest BCUT2D eigenvalue weighted by Gasteiger charge is -2.36. The Hall–Kier alpha value is -2.08. The van der Waals surface area contributed by atoms with Crippen molar-refractivity contribution in [1.82, 2.24) is 15.5 Å². The van der Waals surface area contributed by atoms with Gasteiger partial charge in [0.15, 0.2) is 0 Å². The van der Waals surface area contributed by atoms with Crippen molar-refractivity contribution in [3.05, 3.63) is 35.4 Å². The third kappa shape index (κ3) is 6.05. The fourth-order valence-corrected chi connectivity index (χ4v) is 3.02. The van der Waals surface area contributed by atoms with Gasteiger partial charge in [0, 0.05) is 19.1 Å². The summed E-state index contributed by atoms with van der Waals surface area (Å²) in [7, 11) is 0. The minimum absolute atomic E-state index is 0.0114. The summed E-state index contributed by atoms with van der Waals surface area (Å²) in [5.74, 6) is 0.0114. The van der Waals surface area contributed by atoms with E-state index < -0.39 is 0 Å². The van der Waals surface area contributed by atoms with Gasteiger partial charge in [0.25, 0.3) is 0 Å². The quantitative estimate of drug-likeness (QED) is 0.828. The molecule has 1 saturated heterocycles. The Kier molecular flexibility index (Phi) is 7.25. The van der Waals surface area contributed by atoms with Crippen molar-refractivity contribution in [3.8, 4) is 0 Å². The summed E-state index contributed by atoms with van der Waals surface area (Å²) in [6.45, 7) is 8.16. The number of likely N-dealkylation sites (tertiary alicyclic amines) is 1. The van der Waals surface area contributed by atoms with Gasteiger partial charge in [-0.2, -0.15) is 0 Å². The second kappa shape index (κ2) is 9.42. The molecule has 2 unspecified atom stereocenters. The highest BCUT2D eigenvalue weighted by atomic mass is 16.5. The van der Waals surface area contributed by atoms with Gasteiger partial charge in [-0.1, -0.05) is 29.8 Å². The van der Waals surface area contributed by atoms with E-state index in [1.807, 2.05) is 38.1 Å². The van der Waals surface area contributed by atoms with Crippen molar-refractivity contribution in [1.29, 1.82) is 0 Å². The van der Waals surface area contributed by atoms with E-state index >= 15 is 0 Å². The molecule has 2 N–H and O–H groups in total. The van der Waals surface area contributed by atoms with Crippen LogP contribution < -0.4 is 10.6 Å². The van der Waals surface area contributed by atoms with E-state index in [0.29, 0.717) is 19.7 Å². The molecule has 1 aliphatic heterocycles. The zero-order chi connectivity index (χ0) is 18.2. The molecule has 0 saturated carbocycles. The highest BCUT2D eigenvalue weighted by Gasteiger charge is 2.28. The number of benzene rings is 1. The molecule has 0 aliphatic carbocycles. The molecule has 1 heterocycles. The van der Waals surface area contributed by atoms with Crippen molar-refractivity contribution < 1.29 is 14.3 Å². The minimum Gasteiger partial charge on any atom is -0.450 e. The Labute approximate surface area is 149 Å². The number of nitrogens with one attached hydrogen (secondary N) is 2. The number of hydrogen-bond donors (Lipinski definition) is 2. The number of carbonyl (C=O) groups is 2. The van der Waals surface area contributed by atoms with Gasteiger partial charge in [-0.3, -0.25) is 9.69 Å². The minimum atomic E-state index is -0.383. The number of ether oxygens (including phenoxy) is 1. The lowest BCUT2D eigenvalue weighted by molar-refractivity contribution is -0.126. The third-order valence-electron chi connectivity index (χ3n) is 4.56. The molecular weight excluding hydrogens is 318 g/mol. The Bertz CT molecular complexity index is 574. The van der Waals surface area contributed by atoms with Gasteiger partial charge in [-0.05, 0) is 45.7 Å². The molecule has 6 nitrogen and oxygen atoms in total. The van der Waals surface area contributed by atoms with Crippen LogP contribution in [0.25, 0.3) is 0 Å². The van der Waals surface area contributed by atoms with Crippen LogP contribution >= 0.6 is 0 Å². The van der Waals surface area contributed by atoms with Gasteiger partial charge >= 0.3 is 6.09 Å². The van der Waals surface area contributed by atoms with Crippen LogP contribution in [0.1, 0.15) is 37.8 Å². The first kappa shape index (κ1) is 19.2. The molecular formula is C19H29N3O3. The molecule has 1 fully saturated rings. The lowest BCUT2D eigenvalue weighted by Crippen LogP contribution is -2.54. The summed E-state index contributed by atoms with van der Waals surface area (Å²) < 4.78 is 4.94. The number of aryl methyl sites for hydroxylation is 1. The first-order valence-corrected chi connectivity index (χ1v) is 9.00. The van der Waals surface area contributed by atoms with Crippen LogP contribution in [0.2, 0.25) is 0 Å². The third-order valence-corrected chi connectivity index (χ3v) is 4.56. The Morgan fingerprint density at radius 3 is 2.72 bits per heavy atom. The van der Waals surface area contributed by atoms with Crippen molar-refractivity contribution in [2.24, 2.45) is 0 Å². The molecule has 1 aromatic carbocycles. The highest BCUT2D eigenvalue weighted by molar-refractivity contribution is 5.81. The Balaban J connectivity index is 1.81. The van der Waals surface area contributed by atoms with Crippen LogP contribution in [0.5, 0.6) is 0 Å². The Morgan fingerprint density at radius 2 is 2.04 bits per heavy atom. The smallest absolute Gasteiger partial charge is 0.407 e. The molecule has 2 rings (SSSR count). The predicted molar refractivity (Wildman–Crippen MR) is 97.2 cm³/mol. The second-order valence-electron chi connectivity index (χ2n) is 6.58. The first-order valence-electron chi connectivity index (χ1n) is 9.00. The molecule has 0 spiro atoms. The van der Waals surface area contributed by atoms with E-state index in [2.05, 4.69) is 15.5 Å². The lowest BCUT2D eigenvalue weighted by atomic mass is 10.0. The monoisotopic (exact) mass is 347 g/mol. The molecule has 2 amide bonds. The second-order valence-corrected chi connectivity index (χ2v) is 6.58. The zero-order valence-corrected chi connectivity index (χ0v) is 15.4. The summed E-state index contributed by atoms with van der Waals surface area (Å²) in [6.07, 6.45) is 1.48. The van der Waals surface area contributed by atoms with Gasteiger partial charge < -0.3 is 15.4 Å². The predicted octanol–water partition coefficient (Wildman–Crippen LogP) is 2.21. The van der Waals surface area contributed by atoms with E-state index in [1.165, 1.54) is 5.56 Å². The van der Waals surface area contributed by atoms with E-state index in [-0.39, 0.29) is 24.1 Å². The summed E-state index contributed by atoms with van der Waals surface area (Å²) in [4.78, 5) is 26.1. The molecule has 138 valence electrons. The number of hydrogen-bond acceptors (Lipinski definition) is 4. The summed E-state index contributed by atoms with van der Waals surface area (Å²) in [5, 5.41) is 5.87. The van der Waals surface area contributed by atoms with Crippen molar-refractivity contribution in [2.75, 3.05) is 19.7 Å². The van der Waals surface area contributed by atoms with Crippen molar-refractivity contribution >= 4 is 12.0 Å². The fourth-order valence-electron chi connectivity index (χ4n) is 3.02. The molecule has 1 aliphatic rings. The topological polar surface area (TPSA) is 70.7 Å².